The van der Waals surface area contributed by atoms with Gasteiger partial charge in [-0.05, 0) is 36.8 Å². The molecular formula is C13H16O2S. The molecule has 1 aromatic heterocycles. The quantitative estimate of drug-likeness (QED) is 0.590. The van der Waals surface area contributed by atoms with Gasteiger partial charge < -0.3 is 4.74 Å². The molecule has 0 saturated carbocycles. The Labute approximate surface area is 99.9 Å². The van der Waals surface area contributed by atoms with E-state index < -0.39 is 0 Å². The molecule has 0 radical (unpaired) electrons. The summed E-state index contributed by atoms with van der Waals surface area (Å²) < 4.78 is 5.72. The van der Waals surface area contributed by atoms with Crippen molar-refractivity contribution in [1.29, 1.82) is 0 Å². The zero-order valence-electron chi connectivity index (χ0n) is 9.39. The average molecular weight is 236 g/mol. The number of allylic oxidation sites excluding steroid dienone is 2. The first kappa shape index (κ1) is 11.4. The number of carbonyl (C=O) groups is 1. The standard InChI is InChI=1S/C13H16O2S/c1-10-4-2-3-5-11(10)9-15-13-7-6-12(8-14)16-13/h2-3,6-8,10-11H,4-5,9H2,1H3. The monoisotopic (exact) mass is 236 g/mol. The van der Waals surface area contributed by atoms with Crippen molar-refractivity contribution >= 4 is 17.6 Å². The van der Waals surface area contributed by atoms with Gasteiger partial charge in [0.15, 0.2) is 11.3 Å². The van der Waals surface area contributed by atoms with Crippen molar-refractivity contribution in [2.24, 2.45) is 11.8 Å². The van der Waals surface area contributed by atoms with E-state index in [9.17, 15) is 4.79 Å². The number of thiophene rings is 1. The van der Waals surface area contributed by atoms with Gasteiger partial charge in [0, 0.05) is 0 Å². The molecule has 0 fully saturated rings. The first-order valence-electron chi connectivity index (χ1n) is 5.62. The van der Waals surface area contributed by atoms with Gasteiger partial charge in [0.2, 0.25) is 0 Å². The maximum atomic E-state index is 10.5. The second-order valence-corrected chi connectivity index (χ2v) is 5.34. The zero-order valence-corrected chi connectivity index (χ0v) is 10.2. The molecule has 2 unspecified atom stereocenters. The molecule has 2 atom stereocenters. The Balaban J connectivity index is 1.86. The van der Waals surface area contributed by atoms with E-state index in [4.69, 9.17) is 4.74 Å². The lowest BCUT2D eigenvalue weighted by Gasteiger charge is -2.24. The summed E-state index contributed by atoms with van der Waals surface area (Å²) in [6, 6.07) is 3.68. The molecule has 0 amide bonds. The molecule has 1 aromatic rings. The minimum Gasteiger partial charge on any atom is -0.484 e. The summed E-state index contributed by atoms with van der Waals surface area (Å²) in [6.07, 6.45) is 7.60. The van der Waals surface area contributed by atoms with E-state index in [-0.39, 0.29) is 0 Å². The van der Waals surface area contributed by atoms with E-state index in [1.807, 2.05) is 6.07 Å². The Kier molecular flexibility index (Phi) is 3.78. The third kappa shape index (κ3) is 2.73. The van der Waals surface area contributed by atoms with Crippen LogP contribution < -0.4 is 4.74 Å². The topological polar surface area (TPSA) is 26.3 Å². The van der Waals surface area contributed by atoms with Crippen LogP contribution in [0, 0.1) is 11.8 Å². The molecule has 0 spiro atoms. The number of hydrogen-bond acceptors (Lipinski definition) is 3. The molecule has 0 aliphatic heterocycles. The van der Waals surface area contributed by atoms with E-state index in [1.54, 1.807) is 6.07 Å². The average Bonchev–Trinajstić information content (AvgIpc) is 2.76. The predicted octanol–water partition coefficient (Wildman–Crippen LogP) is 3.54. The molecular weight excluding hydrogens is 220 g/mol. The summed E-state index contributed by atoms with van der Waals surface area (Å²) >= 11 is 1.41. The van der Waals surface area contributed by atoms with Crippen LogP contribution in [0.1, 0.15) is 29.4 Å². The van der Waals surface area contributed by atoms with Crippen LogP contribution in [0.25, 0.3) is 0 Å². The van der Waals surface area contributed by atoms with Crippen LogP contribution >= 0.6 is 11.3 Å². The molecule has 0 N–H and O–H groups in total. The van der Waals surface area contributed by atoms with E-state index >= 15 is 0 Å². The Morgan fingerprint density at radius 1 is 1.44 bits per heavy atom. The lowest BCUT2D eigenvalue weighted by Crippen LogP contribution is -2.20. The molecule has 16 heavy (non-hydrogen) atoms. The third-order valence-electron chi connectivity index (χ3n) is 3.08. The van der Waals surface area contributed by atoms with Crippen molar-refractivity contribution in [3.8, 4) is 5.06 Å². The van der Waals surface area contributed by atoms with Gasteiger partial charge in [-0.2, -0.15) is 0 Å². The first-order valence-corrected chi connectivity index (χ1v) is 6.44. The molecule has 86 valence electrons. The Morgan fingerprint density at radius 2 is 2.25 bits per heavy atom. The van der Waals surface area contributed by atoms with Gasteiger partial charge in [0.05, 0.1) is 11.5 Å². The van der Waals surface area contributed by atoms with Crippen LogP contribution in [0.4, 0.5) is 0 Å². The fourth-order valence-electron chi connectivity index (χ4n) is 1.90. The highest BCUT2D eigenvalue weighted by molar-refractivity contribution is 7.15. The molecule has 2 rings (SSSR count). The van der Waals surface area contributed by atoms with E-state index in [2.05, 4.69) is 19.1 Å². The van der Waals surface area contributed by atoms with Gasteiger partial charge in [-0.1, -0.05) is 30.4 Å². The zero-order chi connectivity index (χ0) is 11.4. The summed E-state index contributed by atoms with van der Waals surface area (Å²) in [5, 5.41) is 0.851. The van der Waals surface area contributed by atoms with Gasteiger partial charge in [0.25, 0.3) is 0 Å². The molecule has 1 heterocycles. The summed E-state index contributed by atoms with van der Waals surface area (Å²) in [7, 11) is 0. The summed E-state index contributed by atoms with van der Waals surface area (Å²) in [5.74, 6) is 1.29. The Morgan fingerprint density at radius 3 is 2.94 bits per heavy atom. The molecule has 2 nitrogen and oxygen atoms in total. The molecule has 0 saturated heterocycles. The lowest BCUT2D eigenvalue weighted by molar-refractivity contribution is 0.112. The van der Waals surface area contributed by atoms with Crippen molar-refractivity contribution in [2.45, 2.75) is 19.8 Å². The maximum absolute atomic E-state index is 10.5. The smallest absolute Gasteiger partial charge is 0.174 e. The first-order chi connectivity index (χ1) is 7.79. The van der Waals surface area contributed by atoms with Crippen LogP contribution in [0.5, 0.6) is 5.06 Å². The number of hydrogen-bond donors (Lipinski definition) is 0. The molecule has 0 aromatic carbocycles. The van der Waals surface area contributed by atoms with Gasteiger partial charge in [-0.3, -0.25) is 4.79 Å². The highest BCUT2D eigenvalue weighted by Crippen LogP contribution is 2.28. The second-order valence-electron chi connectivity index (χ2n) is 4.27. The van der Waals surface area contributed by atoms with E-state index in [0.717, 1.165) is 35.7 Å². The van der Waals surface area contributed by atoms with Gasteiger partial charge >= 0.3 is 0 Å². The van der Waals surface area contributed by atoms with Crippen LogP contribution in [-0.4, -0.2) is 12.9 Å². The van der Waals surface area contributed by atoms with Gasteiger partial charge in [-0.15, -0.1) is 0 Å². The number of aldehydes is 1. The molecule has 1 aliphatic rings. The second kappa shape index (κ2) is 5.30. The van der Waals surface area contributed by atoms with E-state index in [0.29, 0.717) is 11.8 Å². The fourth-order valence-corrected chi connectivity index (χ4v) is 2.58. The normalized spacial score (nSPS) is 24.3. The van der Waals surface area contributed by atoms with Crippen molar-refractivity contribution < 1.29 is 9.53 Å². The summed E-state index contributed by atoms with van der Waals surface area (Å²) in [6.45, 7) is 3.02. The van der Waals surface area contributed by atoms with Crippen LogP contribution in [0.2, 0.25) is 0 Å². The van der Waals surface area contributed by atoms with Crippen LogP contribution in [0.3, 0.4) is 0 Å². The number of ether oxygens (including phenoxy) is 1. The highest BCUT2D eigenvalue weighted by Gasteiger charge is 2.19. The molecule has 3 heteroatoms. The summed E-state index contributed by atoms with van der Waals surface area (Å²) in [5.41, 5.74) is 0. The predicted molar refractivity (Wildman–Crippen MR) is 66.2 cm³/mol. The largest absolute Gasteiger partial charge is 0.484 e. The summed E-state index contributed by atoms with van der Waals surface area (Å²) in [4.78, 5) is 11.3. The Bertz CT molecular complexity index is 381. The molecule has 0 bridgehead atoms. The maximum Gasteiger partial charge on any atom is 0.174 e. The van der Waals surface area contributed by atoms with E-state index in [1.165, 1.54) is 11.3 Å². The van der Waals surface area contributed by atoms with Crippen molar-refractivity contribution in [2.75, 3.05) is 6.61 Å². The van der Waals surface area contributed by atoms with Gasteiger partial charge in [0.1, 0.15) is 0 Å². The van der Waals surface area contributed by atoms with Crippen LogP contribution in [-0.2, 0) is 0 Å². The van der Waals surface area contributed by atoms with Gasteiger partial charge in [-0.25, -0.2) is 0 Å². The van der Waals surface area contributed by atoms with Crippen molar-refractivity contribution in [3.05, 3.63) is 29.2 Å². The lowest BCUT2D eigenvalue weighted by atomic mass is 9.85. The minimum atomic E-state index is 0.604. The highest BCUT2D eigenvalue weighted by atomic mass is 32.1. The molecule has 1 aliphatic carbocycles. The SMILES string of the molecule is CC1CC=CCC1COc1ccc(C=O)s1. The van der Waals surface area contributed by atoms with Crippen LogP contribution in [0.15, 0.2) is 24.3 Å². The van der Waals surface area contributed by atoms with Crippen molar-refractivity contribution in [1.82, 2.24) is 0 Å². The Hall–Kier alpha value is -1.09. The minimum absolute atomic E-state index is 0.604. The third-order valence-corrected chi connectivity index (χ3v) is 4.00. The van der Waals surface area contributed by atoms with Crippen molar-refractivity contribution in [3.63, 3.8) is 0 Å². The number of carbonyl (C=O) groups excluding carboxylic acids is 1. The fraction of sp³-hybridized carbons (Fsp3) is 0.462. The number of rotatable bonds is 4.